The number of thioether (sulfide) groups is 1. The zero-order valence-electron chi connectivity index (χ0n) is 10.3. The second kappa shape index (κ2) is 5.72. The number of hydrogen-bond donors (Lipinski definition) is 1. The number of carboxylic acids is 1. The number of ether oxygens (including phenoxy) is 1. The van der Waals surface area contributed by atoms with Crippen molar-refractivity contribution in [1.29, 1.82) is 0 Å². The van der Waals surface area contributed by atoms with Crippen LogP contribution in [0.2, 0.25) is 0 Å². The van der Waals surface area contributed by atoms with Gasteiger partial charge in [-0.05, 0) is 32.2 Å². The zero-order chi connectivity index (χ0) is 13.0. The van der Waals surface area contributed by atoms with E-state index in [1.54, 1.807) is 12.1 Å². The van der Waals surface area contributed by atoms with Crippen LogP contribution in [0.4, 0.5) is 5.69 Å². The minimum absolute atomic E-state index is 0.130. The second-order valence-electron chi connectivity index (χ2n) is 3.59. The molecule has 92 valence electrons. The van der Waals surface area contributed by atoms with Crippen LogP contribution in [-0.2, 0) is 0 Å². The topological polar surface area (TPSA) is 58.9 Å². The van der Waals surface area contributed by atoms with Gasteiger partial charge in [0.1, 0.15) is 11.3 Å². The van der Waals surface area contributed by atoms with Crippen LogP contribution in [0, 0.1) is 0 Å². The Morgan fingerprint density at radius 3 is 2.47 bits per heavy atom. The van der Waals surface area contributed by atoms with E-state index in [1.807, 2.05) is 20.1 Å². The SMILES string of the molecule is COc1cc(SC)c(N=C(C)C)cc1C(=O)O. The van der Waals surface area contributed by atoms with Gasteiger partial charge in [-0.3, -0.25) is 4.99 Å². The lowest BCUT2D eigenvalue weighted by Crippen LogP contribution is -2.00. The Hall–Kier alpha value is -1.49. The first-order valence-electron chi connectivity index (χ1n) is 5.00. The third-order valence-corrected chi connectivity index (χ3v) is 2.84. The molecule has 0 aliphatic heterocycles. The molecule has 0 unspecified atom stereocenters. The van der Waals surface area contributed by atoms with Gasteiger partial charge in [0.2, 0.25) is 0 Å². The molecule has 1 aromatic rings. The van der Waals surface area contributed by atoms with Gasteiger partial charge in [0.25, 0.3) is 0 Å². The summed E-state index contributed by atoms with van der Waals surface area (Å²) >= 11 is 1.51. The largest absolute Gasteiger partial charge is 0.496 e. The third kappa shape index (κ3) is 3.23. The highest BCUT2D eigenvalue weighted by Gasteiger charge is 2.15. The van der Waals surface area contributed by atoms with Crippen LogP contribution in [0.1, 0.15) is 24.2 Å². The highest BCUT2D eigenvalue weighted by atomic mass is 32.2. The standard InChI is InChI=1S/C12H15NO3S/c1-7(2)13-9-5-8(12(14)15)10(16-3)6-11(9)17-4/h5-6H,1-4H3,(H,14,15). The summed E-state index contributed by atoms with van der Waals surface area (Å²) in [7, 11) is 1.46. The number of carbonyl (C=O) groups is 1. The Balaban J connectivity index is 3.44. The predicted molar refractivity (Wildman–Crippen MR) is 70.2 cm³/mol. The van der Waals surface area contributed by atoms with Gasteiger partial charge in [0, 0.05) is 10.6 Å². The fourth-order valence-corrected chi connectivity index (χ4v) is 1.92. The van der Waals surface area contributed by atoms with Crippen molar-refractivity contribution in [2.45, 2.75) is 18.7 Å². The van der Waals surface area contributed by atoms with Gasteiger partial charge >= 0.3 is 5.97 Å². The molecule has 0 radical (unpaired) electrons. The molecule has 0 saturated heterocycles. The quantitative estimate of drug-likeness (QED) is 0.661. The summed E-state index contributed by atoms with van der Waals surface area (Å²) in [5.41, 5.74) is 1.67. The number of methoxy groups -OCH3 is 1. The monoisotopic (exact) mass is 253 g/mol. The van der Waals surface area contributed by atoms with E-state index in [2.05, 4.69) is 4.99 Å². The average Bonchev–Trinajstić information content (AvgIpc) is 2.27. The molecule has 4 nitrogen and oxygen atoms in total. The van der Waals surface area contributed by atoms with Crippen LogP contribution in [0.15, 0.2) is 22.0 Å². The van der Waals surface area contributed by atoms with Gasteiger partial charge in [-0.15, -0.1) is 11.8 Å². The maximum Gasteiger partial charge on any atom is 0.339 e. The van der Waals surface area contributed by atoms with Gasteiger partial charge in [-0.1, -0.05) is 0 Å². The van der Waals surface area contributed by atoms with Crippen LogP contribution in [0.3, 0.4) is 0 Å². The molecule has 0 atom stereocenters. The maximum atomic E-state index is 11.1. The Morgan fingerprint density at radius 1 is 1.41 bits per heavy atom. The Morgan fingerprint density at radius 2 is 2.06 bits per heavy atom. The summed E-state index contributed by atoms with van der Waals surface area (Å²) in [6.45, 7) is 3.74. The van der Waals surface area contributed by atoms with E-state index in [9.17, 15) is 4.79 Å². The van der Waals surface area contributed by atoms with Crippen LogP contribution in [0.25, 0.3) is 0 Å². The summed E-state index contributed by atoms with van der Waals surface area (Å²) < 4.78 is 5.07. The van der Waals surface area contributed by atoms with E-state index in [4.69, 9.17) is 9.84 Å². The van der Waals surface area contributed by atoms with E-state index in [-0.39, 0.29) is 5.56 Å². The molecule has 0 aliphatic rings. The lowest BCUT2D eigenvalue weighted by Gasteiger charge is -2.10. The summed E-state index contributed by atoms with van der Waals surface area (Å²) in [6, 6.07) is 3.25. The average molecular weight is 253 g/mol. The van der Waals surface area contributed by atoms with E-state index < -0.39 is 5.97 Å². The summed E-state index contributed by atoms with van der Waals surface area (Å²) in [6.07, 6.45) is 1.92. The van der Waals surface area contributed by atoms with Crippen molar-refractivity contribution in [3.63, 3.8) is 0 Å². The number of carboxylic acid groups (broad SMARTS) is 1. The number of benzene rings is 1. The van der Waals surface area contributed by atoms with Crippen LogP contribution < -0.4 is 4.74 Å². The van der Waals surface area contributed by atoms with Crippen LogP contribution in [0.5, 0.6) is 5.75 Å². The van der Waals surface area contributed by atoms with Gasteiger partial charge in [-0.25, -0.2) is 4.79 Å². The molecule has 17 heavy (non-hydrogen) atoms. The smallest absolute Gasteiger partial charge is 0.339 e. The zero-order valence-corrected chi connectivity index (χ0v) is 11.1. The summed E-state index contributed by atoms with van der Waals surface area (Å²) in [5, 5.41) is 9.08. The van der Waals surface area contributed by atoms with Crippen molar-refractivity contribution >= 4 is 29.1 Å². The van der Waals surface area contributed by atoms with Gasteiger partial charge in [0.15, 0.2) is 0 Å². The first-order valence-corrected chi connectivity index (χ1v) is 6.23. The molecule has 0 amide bonds. The molecular formula is C12H15NO3S. The molecule has 0 aliphatic carbocycles. The first-order chi connectivity index (χ1) is 7.99. The number of rotatable bonds is 4. The Labute approximate surface area is 105 Å². The molecule has 5 heteroatoms. The third-order valence-electron chi connectivity index (χ3n) is 2.08. The Kier molecular flexibility index (Phi) is 4.57. The number of aliphatic imine (C=N–C) groups is 1. The lowest BCUT2D eigenvalue weighted by molar-refractivity contribution is 0.0693. The fourth-order valence-electron chi connectivity index (χ4n) is 1.38. The van der Waals surface area contributed by atoms with Crippen LogP contribution in [-0.4, -0.2) is 30.2 Å². The minimum Gasteiger partial charge on any atom is -0.496 e. The lowest BCUT2D eigenvalue weighted by atomic mass is 10.1. The van der Waals surface area contributed by atoms with Crippen molar-refractivity contribution in [1.82, 2.24) is 0 Å². The summed E-state index contributed by atoms with van der Waals surface area (Å²) in [5.74, 6) is -0.658. The van der Waals surface area contributed by atoms with Crippen molar-refractivity contribution in [3.8, 4) is 5.75 Å². The first kappa shape index (κ1) is 13.6. The normalized spacial score (nSPS) is 9.88. The Bertz CT molecular complexity index is 465. The predicted octanol–water partition coefficient (Wildman–Crippen LogP) is 3.23. The number of nitrogens with zero attached hydrogens (tertiary/aromatic N) is 1. The van der Waals surface area contributed by atoms with Crippen molar-refractivity contribution < 1.29 is 14.6 Å². The molecule has 0 bridgehead atoms. The van der Waals surface area contributed by atoms with E-state index in [1.165, 1.54) is 18.9 Å². The molecule has 0 saturated carbocycles. The highest BCUT2D eigenvalue weighted by molar-refractivity contribution is 7.98. The summed E-state index contributed by atoms with van der Waals surface area (Å²) in [4.78, 5) is 16.3. The minimum atomic E-state index is -1.01. The van der Waals surface area contributed by atoms with Gasteiger partial charge in [0.05, 0.1) is 12.8 Å². The molecule has 0 heterocycles. The second-order valence-corrected chi connectivity index (χ2v) is 4.44. The molecule has 1 rings (SSSR count). The van der Waals surface area contributed by atoms with Crippen molar-refractivity contribution in [2.24, 2.45) is 4.99 Å². The fraction of sp³-hybridized carbons (Fsp3) is 0.333. The number of hydrogen-bond acceptors (Lipinski definition) is 4. The van der Waals surface area contributed by atoms with Crippen LogP contribution >= 0.6 is 11.8 Å². The molecule has 1 N–H and O–H groups in total. The molecule has 1 aromatic carbocycles. The molecular weight excluding hydrogens is 238 g/mol. The number of aromatic carboxylic acids is 1. The van der Waals surface area contributed by atoms with E-state index >= 15 is 0 Å². The van der Waals surface area contributed by atoms with E-state index in [0.717, 1.165) is 10.6 Å². The van der Waals surface area contributed by atoms with E-state index in [0.29, 0.717) is 11.4 Å². The van der Waals surface area contributed by atoms with Crippen molar-refractivity contribution in [2.75, 3.05) is 13.4 Å². The van der Waals surface area contributed by atoms with Gasteiger partial charge < -0.3 is 9.84 Å². The van der Waals surface area contributed by atoms with Gasteiger partial charge in [-0.2, -0.15) is 0 Å². The highest BCUT2D eigenvalue weighted by Crippen LogP contribution is 2.35. The maximum absolute atomic E-state index is 11.1. The van der Waals surface area contributed by atoms with Crippen molar-refractivity contribution in [3.05, 3.63) is 17.7 Å². The molecule has 0 fully saturated rings. The molecule has 0 aromatic heterocycles. The molecule has 0 spiro atoms.